The summed E-state index contributed by atoms with van der Waals surface area (Å²) in [5.74, 6) is 1.48. The van der Waals surface area contributed by atoms with Crippen LogP contribution in [0.2, 0.25) is 0 Å². The highest BCUT2D eigenvalue weighted by Crippen LogP contribution is 2.16. The van der Waals surface area contributed by atoms with Crippen molar-refractivity contribution in [3.63, 3.8) is 0 Å². The predicted molar refractivity (Wildman–Crippen MR) is 115 cm³/mol. The van der Waals surface area contributed by atoms with Gasteiger partial charge in [-0.2, -0.15) is 0 Å². The van der Waals surface area contributed by atoms with Crippen LogP contribution in [0.4, 0.5) is 0 Å². The van der Waals surface area contributed by atoms with Gasteiger partial charge in [-0.1, -0.05) is 55.0 Å². The van der Waals surface area contributed by atoms with Gasteiger partial charge in [-0.05, 0) is 55.1 Å². The number of hydrogen-bond donors (Lipinski definition) is 1. The monoisotopic (exact) mass is 382 g/mol. The molecular weight excluding hydrogens is 352 g/mol. The molecule has 0 atom stereocenters. The molecule has 2 aromatic rings. The van der Waals surface area contributed by atoms with E-state index in [0.717, 1.165) is 17.9 Å². The Bertz CT molecular complexity index is 723. The predicted octanol–water partition coefficient (Wildman–Crippen LogP) is 4.53. The molecule has 0 spiro atoms. The number of carbonyl (C=O) groups is 1. The van der Waals surface area contributed by atoms with Crippen molar-refractivity contribution in [3.8, 4) is 0 Å². The highest BCUT2D eigenvalue weighted by molar-refractivity contribution is 7.99. The number of likely N-dealkylation sites (tertiary alicyclic amines) is 1. The summed E-state index contributed by atoms with van der Waals surface area (Å²) in [6.45, 7) is 6.21. The first kappa shape index (κ1) is 20.0. The fraction of sp³-hybridized carbons (Fsp3) is 0.435. The van der Waals surface area contributed by atoms with Crippen LogP contribution in [-0.2, 0) is 23.6 Å². The molecule has 3 rings (SSSR count). The molecule has 0 radical (unpaired) electrons. The molecule has 1 saturated heterocycles. The van der Waals surface area contributed by atoms with Gasteiger partial charge in [0.15, 0.2) is 0 Å². The van der Waals surface area contributed by atoms with Gasteiger partial charge in [-0.3, -0.25) is 9.69 Å². The Labute approximate surface area is 167 Å². The van der Waals surface area contributed by atoms with Crippen molar-refractivity contribution in [1.29, 1.82) is 0 Å². The summed E-state index contributed by atoms with van der Waals surface area (Å²) in [4.78, 5) is 14.6. The van der Waals surface area contributed by atoms with Gasteiger partial charge >= 0.3 is 0 Å². The highest BCUT2D eigenvalue weighted by Gasteiger charge is 2.10. The molecule has 27 heavy (non-hydrogen) atoms. The van der Waals surface area contributed by atoms with E-state index in [4.69, 9.17) is 0 Å². The van der Waals surface area contributed by atoms with E-state index in [-0.39, 0.29) is 5.91 Å². The van der Waals surface area contributed by atoms with Crippen molar-refractivity contribution in [1.82, 2.24) is 10.2 Å². The van der Waals surface area contributed by atoms with Gasteiger partial charge in [0.25, 0.3) is 0 Å². The van der Waals surface area contributed by atoms with Crippen LogP contribution in [0.3, 0.4) is 0 Å². The molecule has 0 bridgehead atoms. The minimum Gasteiger partial charge on any atom is -0.351 e. The largest absolute Gasteiger partial charge is 0.351 e. The molecule has 0 aliphatic carbocycles. The van der Waals surface area contributed by atoms with Crippen molar-refractivity contribution in [2.45, 2.75) is 45.0 Å². The lowest BCUT2D eigenvalue weighted by molar-refractivity contribution is -0.118. The number of amides is 1. The molecule has 1 N–H and O–H groups in total. The number of nitrogens with one attached hydrogen (secondary N) is 1. The summed E-state index contributed by atoms with van der Waals surface area (Å²) in [5.41, 5.74) is 5.12. The Morgan fingerprint density at radius 1 is 1.00 bits per heavy atom. The van der Waals surface area contributed by atoms with Gasteiger partial charge in [-0.15, -0.1) is 11.8 Å². The number of nitrogens with zero attached hydrogens (tertiary/aromatic N) is 1. The lowest BCUT2D eigenvalue weighted by atomic mass is 10.1. The average Bonchev–Trinajstić information content (AvgIpc) is 2.70. The molecule has 1 aliphatic heterocycles. The van der Waals surface area contributed by atoms with Crippen LogP contribution in [-0.4, -0.2) is 29.6 Å². The second-order valence-corrected chi connectivity index (χ2v) is 8.33. The fourth-order valence-electron chi connectivity index (χ4n) is 3.42. The number of hydrogen-bond acceptors (Lipinski definition) is 3. The fourth-order valence-corrected chi connectivity index (χ4v) is 4.35. The zero-order valence-electron chi connectivity index (χ0n) is 16.2. The smallest absolute Gasteiger partial charge is 0.230 e. The molecule has 1 amide bonds. The first-order valence-electron chi connectivity index (χ1n) is 9.90. The Morgan fingerprint density at radius 3 is 2.44 bits per heavy atom. The van der Waals surface area contributed by atoms with Crippen molar-refractivity contribution in [2.24, 2.45) is 0 Å². The number of aryl methyl sites for hydroxylation is 1. The van der Waals surface area contributed by atoms with Crippen molar-refractivity contribution >= 4 is 17.7 Å². The number of thioether (sulfide) groups is 1. The van der Waals surface area contributed by atoms with E-state index in [1.165, 1.54) is 49.0 Å². The van der Waals surface area contributed by atoms with Crippen molar-refractivity contribution in [2.75, 3.05) is 18.8 Å². The SMILES string of the molecule is Cc1ccccc1CSCC(=O)NCc1ccc(CN2CCCCC2)cc1. The third-order valence-corrected chi connectivity index (χ3v) is 6.10. The summed E-state index contributed by atoms with van der Waals surface area (Å²) in [5, 5.41) is 3.03. The first-order valence-corrected chi connectivity index (χ1v) is 11.1. The average molecular weight is 383 g/mol. The highest BCUT2D eigenvalue weighted by atomic mass is 32.2. The van der Waals surface area contributed by atoms with Crippen molar-refractivity contribution in [3.05, 3.63) is 70.8 Å². The zero-order valence-corrected chi connectivity index (χ0v) is 17.1. The number of benzene rings is 2. The molecule has 3 nitrogen and oxygen atoms in total. The molecule has 0 unspecified atom stereocenters. The van der Waals surface area contributed by atoms with Gasteiger partial charge < -0.3 is 5.32 Å². The van der Waals surface area contributed by atoms with E-state index >= 15 is 0 Å². The molecular formula is C23H30N2OS. The standard InChI is InChI=1S/C23H30N2OS/c1-19-7-3-4-8-22(19)17-27-18-23(26)24-15-20-9-11-21(12-10-20)16-25-13-5-2-6-14-25/h3-4,7-12H,2,5-6,13-18H2,1H3,(H,24,26). The maximum Gasteiger partial charge on any atom is 0.230 e. The third-order valence-electron chi connectivity index (χ3n) is 5.12. The van der Waals surface area contributed by atoms with Crippen LogP contribution >= 0.6 is 11.8 Å². The Kier molecular flexibility index (Phi) is 7.79. The van der Waals surface area contributed by atoms with E-state index in [2.05, 4.69) is 59.6 Å². The minimum absolute atomic E-state index is 0.103. The van der Waals surface area contributed by atoms with Crippen LogP contribution in [0.15, 0.2) is 48.5 Å². The van der Waals surface area contributed by atoms with E-state index in [1.807, 2.05) is 6.07 Å². The molecule has 1 heterocycles. The lowest BCUT2D eigenvalue weighted by Crippen LogP contribution is -2.29. The number of carbonyl (C=O) groups excluding carboxylic acids is 1. The maximum atomic E-state index is 12.1. The van der Waals surface area contributed by atoms with Gasteiger partial charge in [0, 0.05) is 18.8 Å². The molecule has 1 aliphatic rings. The third kappa shape index (κ3) is 6.71. The van der Waals surface area contributed by atoms with Crippen LogP contribution in [0.5, 0.6) is 0 Å². The van der Waals surface area contributed by atoms with E-state index < -0.39 is 0 Å². The molecule has 0 aromatic heterocycles. The van der Waals surface area contributed by atoms with Gasteiger partial charge in [0.1, 0.15) is 0 Å². The van der Waals surface area contributed by atoms with E-state index in [0.29, 0.717) is 12.3 Å². The van der Waals surface area contributed by atoms with E-state index in [1.54, 1.807) is 11.8 Å². The zero-order chi connectivity index (χ0) is 18.9. The quantitative estimate of drug-likeness (QED) is 0.728. The molecule has 144 valence electrons. The van der Waals surface area contributed by atoms with Crippen LogP contribution in [0, 0.1) is 6.92 Å². The number of piperidine rings is 1. The Balaban J connectivity index is 1.36. The number of rotatable bonds is 8. The maximum absolute atomic E-state index is 12.1. The summed E-state index contributed by atoms with van der Waals surface area (Å²) in [6.07, 6.45) is 4.02. The van der Waals surface area contributed by atoms with Gasteiger partial charge in [0.2, 0.25) is 5.91 Å². The second-order valence-electron chi connectivity index (χ2n) is 7.35. The summed E-state index contributed by atoms with van der Waals surface area (Å²) >= 11 is 1.67. The van der Waals surface area contributed by atoms with Crippen LogP contribution < -0.4 is 5.32 Å². The van der Waals surface area contributed by atoms with Crippen molar-refractivity contribution < 1.29 is 4.79 Å². The summed E-state index contributed by atoms with van der Waals surface area (Å²) in [6, 6.07) is 17.0. The topological polar surface area (TPSA) is 32.3 Å². The van der Waals surface area contributed by atoms with Crippen LogP contribution in [0.1, 0.15) is 41.5 Å². The first-order chi connectivity index (χ1) is 13.2. The van der Waals surface area contributed by atoms with Gasteiger partial charge in [-0.25, -0.2) is 0 Å². The second kappa shape index (κ2) is 10.5. The summed E-state index contributed by atoms with van der Waals surface area (Å²) in [7, 11) is 0. The van der Waals surface area contributed by atoms with Crippen LogP contribution in [0.25, 0.3) is 0 Å². The summed E-state index contributed by atoms with van der Waals surface area (Å²) < 4.78 is 0. The molecule has 0 saturated carbocycles. The Morgan fingerprint density at radius 2 is 1.70 bits per heavy atom. The Hall–Kier alpha value is -1.78. The molecule has 1 fully saturated rings. The van der Waals surface area contributed by atoms with E-state index in [9.17, 15) is 4.79 Å². The molecule has 4 heteroatoms. The lowest BCUT2D eigenvalue weighted by Gasteiger charge is -2.26. The van der Waals surface area contributed by atoms with Gasteiger partial charge in [0.05, 0.1) is 5.75 Å². The minimum atomic E-state index is 0.103. The molecule has 2 aromatic carbocycles. The normalized spacial score (nSPS) is 14.9.